The van der Waals surface area contributed by atoms with Gasteiger partial charge >= 0.3 is 0 Å². The van der Waals surface area contributed by atoms with Crippen LogP contribution in [-0.4, -0.2) is 17.6 Å². The molecule has 0 aliphatic carbocycles. The normalized spacial score (nSPS) is 10.7. The van der Waals surface area contributed by atoms with E-state index in [1.807, 2.05) is 6.92 Å². The molecule has 0 saturated heterocycles. The Balaban J connectivity index is 2.75. The molecule has 2 N–H and O–H groups in total. The van der Waals surface area contributed by atoms with E-state index in [0.29, 0.717) is 6.04 Å². The maximum absolute atomic E-state index is 4.44. The van der Waals surface area contributed by atoms with Crippen LogP contribution in [0.1, 0.15) is 32.0 Å². The Bertz CT molecular complexity index is 308. The molecule has 0 aliphatic rings. The van der Waals surface area contributed by atoms with Gasteiger partial charge in [0.25, 0.3) is 0 Å². The first kappa shape index (κ1) is 12.0. The Morgan fingerprint density at radius 1 is 1.33 bits per heavy atom. The van der Waals surface area contributed by atoms with Crippen LogP contribution in [0.2, 0.25) is 0 Å². The standard InChI is InChI=1S/C12H21N3/c1-5-13-8-11-6-10(4)15-12(7-11)14-9(2)3/h6-7,9,13H,5,8H2,1-4H3,(H,14,15). The summed E-state index contributed by atoms with van der Waals surface area (Å²) in [5.41, 5.74) is 2.35. The number of rotatable bonds is 5. The molecule has 84 valence electrons. The minimum atomic E-state index is 0.422. The van der Waals surface area contributed by atoms with Gasteiger partial charge in [0.1, 0.15) is 5.82 Å². The lowest BCUT2D eigenvalue weighted by Crippen LogP contribution is -2.14. The van der Waals surface area contributed by atoms with E-state index in [2.05, 4.69) is 48.5 Å². The molecule has 0 aliphatic heterocycles. The lowest BCUT2D eigenvalue weighted by molar-refractivity contribution is 0.725. The number of pyridine rings is 1. The first-order valence-electron chi connectivity index (χ1n) is 5.56. The number of hydrogen-bond donors (Lipinski definition) is 2. The third-order valence-corrected chi connectivity index (χ3v) is 2.03. The first-order valence-corrected chi connectivity index (χ1v) is 5.56. The number of anilines is 1. The van der Waals surface area contributed by atoms with Crippen LogP contribution in [0.15, 0.2) is 12.1 Å². The second-order valence-corrected chi connectivity index (χ2v) is 4.08. The van der Waals surface area contributed by atoms with Crippen molar-refractivity contribution < 1.29 is 0 Å². The average Bonchev–Trinajstić information content (AvgIpc) is 2.12. The van der Waals surface area contributed by atoms with E-state index in [1.165, 1.54) is 5.56 Å². The first-order chi connectivity index (χ1) is 7.11. The summed E-state index contributed by atoms with van der Waals surface area (Å²) in [6, 6.07) is 4.65. The summed E-state index contributed by atoms with van der Waals surface area (Å²) >= 11 is 0. The van der Waals surface area contributed by atoms with Gasteiger partial charge in [0, 0.05) is 18.3 Å². The van der Waals surface area contributed by atoms with Crippen molar-refractivity contribution in [2.24, 2.45) is 0 Å². The van der Waals surface area contributed by atoms with Gasteiger partial charge in [-0.15, -0.1) is 0 Å². The zero-order valence-corrected chi connectivity index (χ0v) is 10.1. The van der Waals surface area contributed by atoms with Crippen molar-refractivity contribution in [3.05, 3.63) is 23.4 Å². The molecular weight excluding hydrogens is 186 g/mol. The maximum Gasteiger partial charge on any atom is 0.126 e. The smallest absolute Gasteiger partial charge is 0.126 e. The Labute approximate surface area is 92.3 Å². The van der Waals surface area contributed by atoms with Gasteiger partial charge in [0.2, 0.25) is 0 Å². The molecule has 0 saturated carbocycles. The van der Waals surface area contributed by atoms with Crippen LogP contribution in [0.25, 0.3) is 0 Å². The molecule has 3 nitrogen and oxygen atoms in total. The van der Waals surface area contributed by atoms with E-state index >= 15 is 0 Å². The number of nitrogens with one attached hydrogen (secondary N) is 2. The molecule has 1 aromatic rings. The highest BCUT2D eigenvalue weighted by Gasteiger charge is 2.01. The molecule has 0 bridgehead atoms. The van der Waals surface area contributed by atoms with Gasteiger partial charge in [-0.05, 0) is 45.0 Å². The molecule has 3 heteroatoms. The highest BCUT2D eigenvalue weighted by atomic mass is 15.0. The SMILES string of the molecule is CCNCc1cc(C)nc(NC(C)C)c1. The molecule has 15 heavy (non-hydrogen) atoms. The van der Waals surface area contributed by atoms with E-state index in [-0.39, 0.29) is 0 Å². The minimum Gasteiger partial charge on any atom is -0.368 e. The van der Waals surface area contributed by atoms with Crippen LogP contribution in [-0.2, 0) is 6.54 Å². The van der Waals surface area contributed by atoms with Crippen LogP contribution in [0.4, 0.5) is 5.82 Å². The summed E-state index contributed by atoms with van der Waals surface area (Å²) in [6.07, 6.45) is 0. The molecule has 0 atom stereocenters. The summed E-state index contributed by atoms with van der Waals surface area (Å²) in [5.74, 6) is 0.970. The topological polar surface area (TPSA) is 37.0 Å². The summed E-state index contributed by atoms with van der Waals surface area (Å²) in [7, 11) is 0. The molecule has 1 heterocycles. The van der Waals surface area contributed by atoms with Crippen LogP contribution in [0.3, 0.4) is 0 Å². The zero-order chi connectivity index (χ0) is 11.3. The van der Waals surface area contributed by atoms with E-state index in [9.17, 15) is 0 Å². The van der Waals surface area contributed by atoms with E-state index in [0.717, 1.165) is 24.6 Å². The van der Waals surface area contributed by atoms with Gasteiger partial charge in [-0.25, -0.2) is 4.98 Å². The van der Waals surface area contributed by atoms with Gasteiger partial charge < -0.3 is 10.6 Å². The summed E-state index contributed by atoms with van der Waals surface area (Å²) in [6.45, 7) is 10.3. The fourth-order valence-corrected chi connectivity index (χ4v) is 1.48. The quantitative estimate of drug-likeness (QED) is 0.778. The summed E-state index contributed by atoms with van der Waals surface area (Å²) in [5, 5.41) is 6.64. The lowest BCUT2D eigenvalue weighted by Gasteiger charge is -2.11. The van der Waals surface area contributed by atoms with Crippen molar-refractivity contribution in [3.63, 3.8) is 0 Å². The van der Waals surface area contributed by atoms with Gasteiger partial charge in [0.05, 0.1) is 0 Å². The molecular formula is C12H21N3. The summed E-state index contributed by atoms with van der Waals surface area (Å²) in [4.78, 5) is 4.44. The van der Waals surface area contributed by atoms with Crippen molar-refractivity contribution in [3.8, 4) is 0 Å². The van der Waals surface area contributed by atoms with Gasteiger partial charge in [-0.3, -0.25) is 0 Å². The third kappa shape index (κ3) is 4.30. The van der Waals surface area contributed by atoms with Crippen LogP contribution in [0, 0.1) is 6.92 Å². The molecule has 0 radical (unpaired) electrons. The molecule has 1 aromatic heterocycles. The minimum absolute atomic E-state index is 0.422. The van der Waals surface area contributed by atoms with E-state index in [4.69, 9.17) is 0 Å². The summed E-state index contributed by atoms with van der Waals surface area (Å²) < 4.78 is 0. The number of aryl methyl sites for hydroxylation is 1. The van der Waals surface area contributed by atoms with Crippen LogP contribution in [0.5, 0.6) is 0 Å². The number of nitrogens with zero attached hydrogens (tertiary/aromatic N) is 1. The Hall–Kier alpha value is -1.09. The maximum atomic E-state index is 4.44. The van der Waals surface area contributed by atoms with Gasteiger partial charge in [-0.1, -0.05) is 6.92 Å². The van der Waals surface area contributed by atoms with Crippen LogP contribution >= 0.6 is 0 Å². The van der Waals surface area contributed by atoms with Crippen molar-refractivity contribution in [2.45, 2.75) is 40.3 Å². The number of aromatic nitrogens is 1. The lowest BCUT2D eigenvalue weighted by atomic mass is 10.2. The van der Waals surface area contributed by atoms with Gasteiger partial charge in [-0.2, -0.15) is 0 Å². The zero-order valence-electron chi connectivity index (χ0n) is 10.1. The molecule has 0 spiro atoms. The molecule has 0 unspecified atom stereocenters. The van der Waals surface area contributed by atoms with Crippen molar-refractivity contribution in [1.29, 1.82) is 0 Å². The third-order valence-electron chi connectivity index (χ3n) is 2.03. The molecule has 0 fully saturated rings. The fourth-order valence-electron chi connectivity index (χ4n) is 1.48. The van der Waals surface area contributed by atoms with Crippen molar-refractivity contribution in [1.82, 2.24) is 10.3 Å². The largest absolute Gasteiger partial charge is 0.368 e. The Morgan fingerprint density at radius 2 is 2.07 bits per heavy atom. The Kier molecular flexibility index (Phi) is 4.56. The second-order valence-electron chi connectivity index (χ2n) is 4.08. The molecule has 0 aromatic carbocycles. The van der Waals surface area contributed by atoms with E-state index < -0.39 is 0 Å². The predicted octanol–water partition coefficient (Wildman–Crippen LogP) is 2.32. The fraction of sp³-hybridized carbons (Fsp3) is 0.583. The van der Waals surface area contributed by atoms with E-state index in [1.54, 1.807) is 0 Å². The van der Waals surface area contributed by atoms with Crippen molar-refractivity contribution >= 4 is 5.82 Å². The highest BCUT2D eigenvalue weighted by molar-refractivity contribution is 5.40. The van der Waals surface area contributed by atoms with Gasteiger partial charge in [0.15, 0.2) is 0 Å². The highest BCUT2D eigenvalue weighted by Crippen LogP contribution is 2.11. The van der Waals surface area contributed by atoms with Crippen molar-refractivity contribution in [2.75, 3.05) is 11.9 Å². The average molecular weight is 207 g/mol. The Morgan fingerprint density at radius 3 is 2.67 bits per heavy atom. The molecule has 0 amide bonds. The molecule has 1 rings (SSSR count). The predicted molar refractivity (Wildman–Crippen MR) is 65.1 cm³/mol. The number of hydrogen-bond acceptors (Lipinski definition) is 3. The van der Waals surface area contributed by atoms with Crippen LogP contribution < -0.4 is 10.6 Å². The second kappa shape index (κ2) is 5.71. The monoisotopic (exact) mass is 207 g/mol.